The average Bonchev–Trinajstić information content (AvgIpc) is 2.46. The first-order chi connectivity index (χ1) is 10.3. The first kappa shape index (κ1) is 18.3. The monoisotopic (exact) mass is 335 g/mol. The summed E-state index contributed by atoms with van der Waals surface area (Å²) >= 11 is 3.44. The number of benzene rings is 1. The molecule has 122 valence electrons. The van der Waals surface area contributed by atoms with Gasteiger partial charge >= 0.3 is 5.97 Å². The summed E-state index contributed by atoms with van der Waals surface area (Å²) in [4.78, 5) is 22.5. The van der Waals surface area contributed by atoms with Crippen LogP contribution in [0, 0.1) is 0 Å². The summed E-state index contributed by atoms with van der Waals surface area (Å²) in [6.07, 6.45) is -3.97. The fraction of sp³-hybridized carbons (Fsp3) is 0.429. The zero-order chi connectivity index (χ0) is 16.8. The van der Waals surface area contributed by atoms with Crippen molar-refractivity contribution in [3.8, 4) is 0 Å². The second-order valence-electron chi connectivity index (χ2n) is 4.78. The van der Waals surface area contributed by atoms with Gasteiger partial charge in [-0.1, -0.05) is 30.3 Å². The minimum absolute atomic E-state index is 0.0881. The van der Waals surface area contributed by atoms with E-state index < -0.39 is 42.2 Å². The first-order valence-electron chi connectivity index (χ1n) is 6.44. The average molecular weight is 335 g/mol. The maximum atomic E-state index is 13.9. The van der Waals surface area contributed by atoms with Crippen LogP contribution >= 0.6 is 12.6 Å². The third kappa shape index (κ3) is 4.94. The number of rotatable bonds is 8. The molecule has 2 unspecified atom stereocenters. The number of alkyl halides is 3. The van der Waals surface area contributed by atoms with Gasteiger partial charge in [0, 0.05) is 11.8 Å². The number of aliphatic carboxylic acids is 1. The highest BCUT2D eigenvalue weighted by molar-refractivity contribution is 7.80. The molecule has 1 rings (SSSR count). The molecular weight excluding hydrogens is 319 g/mol. The van der Waals surface area contributed by atoms with Crippen molar-refractivity contribution in [3.63, 3.8) is 0 Å². The van der Waals surface area contributed by atoms with Crippen LogP contribution in [0.25, 0.3) is 0 Å². The first-order valence-corrected chi connectivity index (χ1v) is 7.07. The third-order valence-corrected chi connectivity index (χ3v) is 3.49. The van der Waals surface area contributed by atoms with E-state index in [0.29, 0.717) is 5.56 Å². The lowest BCUT2D eigenvalue weighted by molar-refractivity contribution is -0.143. The van der Waals surface area contributed by atoms with Crippen molar-refractivity contribution < 1.29 is 27.9 Å². The standard InChI is InChI=1S/C14H16F3NO3S/c15-12(16)14(17,8-22)13(21)18-10(7-11(19)20)6-9-4-2-1-3-5-9/h1-5,10,12,22H,6-8H2,(H,18,21)(H,19,20). The topological polar surface area (TPSA) is 66.4 Å². The predicted molar refractivity (Wildman–Crippen MR) is 78.0 cm³/mol. The molecule has 0 bridgehead atoms. The molecule has 2 N–H and O–H groups in total. The molecule has 0 saturated heterocycles. The van der Waals surface area contributed by atoms with Crippen LogP contribution in [0.3, 0.4) is 0 Å². The molecule has 0 aliphatic heterocycles. The SMILES string of the molecule is O=C(O)CC(Cc1ccccc1)NC(=O)C(F)(CS)C(F)F. The number of carbonyl (C=O) groups excluding carboxylic acids is 1. The summed E-state index contributed by atoms with van der Waals surface area (Å²) in [5, 5.41) is 10.9. The Labute approximate surface area is 131 Å². The maximum Gasteiger partial charge on any atom is 0.305 e. The summed E-state index contributed by atoms with van der Waals surface area (Å²) < 4.78 is 39.2. The molecule has 2 atom stereocenters. The van der Waals surface area contributed by atoms with Crippen molar-refractivity contribution in [3.05, 3.63) is 35.9 Å². The lowest BCUT2D eigenvalue weighted by atomic mass is 10.0. The zero-order valence-electron chi connectivity index (χ0n) is 11.5. The molecule has 0 heterocycles. The van der Waals surface area contributed by atoms with E-state index in [9.17, 15) is 22.8 Å². The van der Waals surface area contributed by atoms with Gasteiger partial charge in [-0.2, -0.15) is 12.6 Å². The van der Waals surface area contributed by atoms with Crippen LogP contribution in [-0.2, 0) is 16.0 Å². The molecule has 1 aromatic rings. The van der Waals surface area contributed by atoms with Gasteiger partial charge in [0.25, 0.3) is 18.0 Å². The molecule has 0 aromatic heterocycles. The van der Waals surface area contributed by atoms with Gasteiger partial charge in [-0.05, 0) is 12.0 Å². The molecular formula is C14H16F3NO3S. The van der Waals surface area contributed by atoms with E-state index in [1.807, 2.05) is 5.32 Å². The van der Waals surface area contributed by atoms with Crippen molar-refractivity contribution in [1.29, 1.82) is 0 Å². The van der Waals surface area contributed by atoms with E-state index in [4.69, 9.17) is 5.11 Å². The number of carbonyl (C=O) groups is 2. The van der Waals surface area contributed by atoms with Crippen LogP contribution in [0.4, 0.5) is 13.2 Å². The van der Waals surface area contributed by atoms with Crippen molar-refractivity contribution >= 4 is 24.5 Å². The summed E-state index contributed by atoms with van der Waals surface area (Å²) in [5.74, 6) is -3.78. The molecule has 8 heteroatoms. The molecule has 0 aliphatic rings. The molecule has 0 radical (unpaired) electrons. The van der Waals surface area contributed by atoms with E-state index in [2.05, 4.69) is 12.6 Å². The smallest absolute Gasteiger partial charge is 0.305 e. The number of amides is 1. The van der Waals surface area contributed by atoms with Crippen LogP contribution in [0.2, 0.25) is 0 Å². The van der Waals surface area contributed by atoms with E-state index in [1.54, 1.807) is 30.3 Å². The quantitative estimate of drug-likeness (QED) is 0.638. The Morgan fingerprint density at radius 1 is 1.27 bits per heavy atom. The van der Waals surface area contributed by atoms with Gasteiger partial charge in [0.1, 0.15) is 0 Å². The second-order valence-corrected chi connectivity index (χ2v) is 5.10. The second kappa shape index (κ2) is 8.07. The predicted octanol–water partition coefficient (Wildman–Crippen LogP) is 2.09. The van der Waals surface area contributed by atoms with E-state index in [1.165, 1.54) is 0 Å². The van der Waals surface area contributed by atoms with Crippen molar-refractivity contribution in [1.82, 2.24) is 5.32 Å². The zero-order valence-corrected chi connectivity index (χ0v) is 12.4. The van der Waals surface area contributed by atoms with Crippen LogP contribution in [-0.4, -0.2) is 40.9 Å². The molecule has 0 saturated carbocycles. The summed E-state index contributed by atoms with van der Waals surface area (Å²) in [6, 6.07) is 7.55. The van der Waals surface area contributed by atoms with Gasteiger partial charge in [-0.25, -0.2) is 13.2 Å². The van der Waals surface area contributed by atoms with Gasteiger partial charge in [0.2, 0.25) is 0 Å². The molecule has 22 heavy (non-hydrogen) atoms. The summed E-state index contributed by atoms with van der Waals surface area (Å²) in [7, 11) is 0. The fourth-order valence-electron chi connectivity index (χ4n) is 1.83. The highest BCUT2D eigenvalue weighted by atomic mass is 32.1. The normalized spacial score (nSPS) is 15.1. The number of carboxylic acids is 1. The Morgan fingerprint density at radius 2 is 1.86 bits per heavy atom. The van der Waals surface area contributed by atoms with Gasteiger partial charge in [0.15, 0.2) is 0 Å². The number of nitrogens with one attached hydrogen (secondary N) is 1. The van der Waals surface area contributed by atoms with Crippen molar-refractivity contribution in [2.24, 2.45) is 0 Å². The highest BCUT2D eigenvalue weighted by Crippen LogP contribution is 2.23. The van der Waals surface area contributed by atoms with Gasteiger partial charge in [-0.15, -0.1) is 0 Å². The molecule has 1 aromatic carbocycles. The highest BCUT2D eigenvalue weighted by Gasteiger charge is 2.47. The molecule has 4 nitrogen and oxygen atoms in total. The van der Waals surface area contributed by atoms with Crippen LogP contribution < -0.4 is 5.32 Å². The Kier molecular flexibility index (Phi) is 6.73. The number of carboxylic acid groups (broad SMARTS) is 1. The largest absolute Gasteiger partial charge is 0.481 e. The lowest BCUT2D eigenvalue weighted by Gasteiger charge is -2.25. The van der Waals surface area contributed by atoms with Gasteiger partial charge < -0.3 is 10.4 Å². The van der Waals surface area contributed by atoms with Crippen molar-refractivity contribution in [2.75, 3.05) is 5.75 Å². The third-order valence-electron chi connectivity index (χ3n) is 3.03. The Hall–Kier alpha value is -1.70. The molecule has 0 fully saturated rings. The minimum Gasteiger partial charge on any atom is -0.481 e. The number of hydrogen-bond donors (Lipinski definition) is 3. The van der Waals surface area contributed by atoms with Crippen LogP contribution in [0.1, 0.15) is 12.0 Å². The van der Waals surface area contributed by atoms with Crippen LogP contribution in [0.15, 0.2) is 30.3 Å². The van der Waals surface area contributed by atoms with Gasteiger partial charge in [-0.3, -0.25) is 9.59 Å². The Morgan fingerprint density at radius 3 is 2.32 bits per heavy atom. The van der Waals surface area contributed by atoms with E-state index >= 15 is 0 Å². The number of hydrogen-bond acceptors (Lipinski definition) is 3. The minimum atomic E-state index is -3.55. The van der Waals surface area contributed by atoms with Crippen LogP contribution in [0.5, 0.6) is 0 Å². The Balaban J connectivity index is 2.85. The molecule has 1 amide bonds. The number of thiol groups is 1. The molecule has 0 aliphatic carbocycles. The van der Waals surface area contributed by atoms with E-state index in [-0.39, 0.29) is 6.42 Å². The molecule has 0 spiro atoms. The Bertz CT molecular complexity index is 515. The summed E-state index contributed by atoms with van der Waals surface area (Å²) in [5.41, 5.74) is -2.75. The van der Waals surface area contributed by atoms with E-state index in [0.717, 1.165) is 0 Å². The number of halogens is 3. The summed E-state index contributed by atoms with van der Waals surface area (Å²) in [6.45, 7) is 0. The van der Waals surface area contributed by atoms with Crippen molar-refractivity contribution in [2.45, 2.75) is 31.0 Å². The fourth-order valence-corrected chi connectivity index (χ4v) is 2.11. The maximum absolute atomic E-state index is 13.9. The lowest BCUT2D eigenvalue weighted by Crippen LogP contribution is -2.53. The van der Waals surface area contributed by atoms with Gasteiger partial charge in [0.05, 0.1) is 6.42 Å².